The molecule has 94 valence electrons. The number of sulfone groups is 1. The molecule has 0 saturated heterocycles. The zero-order valence-corrected chi connectivity index (χ0v) is 10.8. The Morgan fingerprint density at radius 1 is 1.28 bits per heavy atom. The van der Waals surface area contributed by atoms with E-state index >= 15 is 0 Å². The van der Waals surface area contributed by atoms with Gasteiger partial charge in [0.25, 0.3) is 0 Å². The number of nitrogens with zero attached hydrogens (tertiary/aromatic N) is 1. The number of nitrogens with two attached hydrogens (primary N) is 1. The molecule has 5 heteroatoms. The molecule has 0 saturated carbocycles. The van der Waals surface area contributed by atoms with Gasteiger partial charge in [-0.25, -0.2) is 8.42 Å². The van der Waals surface area contributed by atoms with Crippen molar-refractivity contribution in [3.05, 3.63) is 53.9 Å². The van der Waals surface area contributed by atoms with Crippen LogP contribution in [0.4, 0.5) is 5.69 Å². The molecule has 4 nitrogen and oxygen atoms in total. The number of hydrogen-bond donors (Lipinski definition) is 1. The minimum Gasteiger partial charge on any atom is -0.398 e. The molecule has 0 unspecified atom stereocenters. The van der Waals surface area contributed by atoms with Crippen LogP contribution in [-0.2, 0) is 15.6 Å². The van der Waals surface area contributed by atoms with Gasteiger partial charge in [-0.1, -0.05) is 12.1 Å². The van der Waals surface area contributed by atoms with E-state index < -0.39 is 9.84 Å². The van der Waals surface area contributed by atoms with Crippen molar-refractivity contribution < 1.29 is 8.42 Å². The number of aryl methyl sites for hydroxylation is 1. The summed E-state index contributed by atoms with van der Waals surface area (Å²) in [5, 5.41) is 0. The highest BCUT2D eigenvalue weighted by Crippen LogP contribution is 2.23. The molecular formula is C13H14N2O2S. The van der Waals surface area contributed by atoms with Crippen molar-refractivity contribution in [2.75, 3.05) is 5.73 Å². The summed E-state index contributed by atoms with van der Waals surface area (Å²) in [7, 11) is -3.43. The van der Waals surface area contributed by atoms with Crippen LogP contribution >= 0.6 is 0 Å². The molecule has 1 heterocycles. The Kier molecular flexibility index (Phi) is 3.34. The summed E-state index contributed by atoms with van der Waals surface area (Å²) in [4.78, 5) is 4.08. The van der Waals surface area contributed by atoms with Crippen LogP contribution in [-0.4, -0.2) is 13.4 Å². The quantitative estimate of drug-likeness (QED) is 0.858. The van der Waals surface area contributed by atoms with E-state index in [0.717, 1.165) is 5.56 Å². The minimum atomic E-state index is -3.43. The maximum absolute atomic E-state index is 12.2. The molecule has 0 aliphatic rings. The molecule has 2 N–H and O–H groups in total. The predicted octanol–water partition coefficient (Wildman–Crippen LogP) is 1.95. The fourth-order valence-corrected chi connectivity index (χ4v) is 3.19. The van der Waals surface area contributed by atoms with Crippen molar-refractivity contribution in [2.24, 2.45) is 0 Å². The SMILES string of the molecule is Cc1ccc(S(=O)(=O)Cc2cccnc2)c(N)c1. The molecule has 0 aliphatic carbocycles. The van der Waals surface area contributed by atoms with E-state index in [-0.39, 0.29) is 10.6 Å². The van der Waals surface area contributed by atoms with E-state index in [1.54, 1.807) is 42.7 Å². The molecule has 0 atom stereocenters. The summed E-state index contributed by atoms with van der Waals surface area (Å²) in [6, 6.07) is 8.40. The van der Waals surface area contributed by atoms with Gasteiger partial charge in [-0.15, -0.1) is 0 Å². The number of rotatable bonds is 3. The van der Waals surface area contributed by atoms with Crippen LogP contribution in [0.3, 0.4) is 0 Å². The van der Waals surface area contributed by atoms with Crippen molar-refractivity contribution in [2.45, 2.75) is 17.6 Å². The summed E-state index contributed by atoms with van der Waals surface area (Å²) in [5.41, 5.74) is 7.65. The van der Waals surface area contributed by atoms with Crippen LogP contribution in [0.2, 0.25) is 0 Å². The van der Waals surface area contributed by atoms with Gasteiger partial charge in [0.15, 0.2) is 9.84 Å². The second-order valence-corrected chi connectivity index (χ2v) is 6.12. The van der Waals surface area contributed by atoms with Crippen LogP contribution in [0, 0.1) is 6.92 Å². The molecule has 0 fully saturated rings. The van der Waals surface area contributed by atoms with Crippen LogP contribution in [0.1, 0.15) is 11.1 Å². The van der Waals surface area contributed by atoms with Gasteiger partial charge in [-0.05, 0) is 36.2 Å². The maximum atomic E-state index is 12.2. The Bertz CT molecular complexity index is 652. The van der Waals surface area contributed by atoms with Gasteiger partial charge >= 0.3 is 0 Å². The lowest BCUT2D eigenvalue weighted by Gasteiger charge is -2.08. The van der Waals surface area contributed by atoms with E-state index in [9.17, 15) is 8.42 Å². The number of aromatic nitrogens is 1. The Morgan fingerprint density at radius 2 is 2.06 bits per heavy atom. The maximum Gasteiger partial charge on any atom is 0.184 e. The van der Waals surface area contributed by atoms with Gasteiger partial charge < -0.3 is 5.73 Å². The van der Waals surface area contributed by atoms with Crippen molar-refractivity contribution >= 4 is 15.5 Å². The third kappa shape index (κ3) is 2.68. The first-order valence-electron chi connectivity index (χ1n) is 5.47. The van der Waals surface area contributed by atoms with E-state index in [2.05, 4.69) is 4.98 Å². The zero-order valence-electron chi connectivity index (χ0n) is 10.00. The molecule has 0 aliphatic heterocycles. The summed E-state index contributed by atoms with van der Waals surface area (Å²) >= 11 is 0. The zero-order chi connectivity index (χ0) is 13.2. The van der Waals surface area contributed by atoms with E-state index in [1.165, 1.54) is 0 Å². The Hall–Kier alpha value is -1.88. The first-order valence-corrected chi connectivity index (χ1v) is 7.12. The average Bonchev–Trinajstić information content (AvgIpc) is 2.29. The topological polar surface area (TPSA) is 73.0 Å². The number of anilines is 1. The fraction of sp³-hybridized carbons (Fsp3) is 0.154. The summed E-state index contributed by atoms with van der Waals surface area (Å²) in [6.07, 6.45) is 3.15. The van der Waals surface area contributed by atoms with E-state index in [4.69, 9.17) is 5.73 Å². The molecule has 0 spiro atoms. The van der Waals surface area contributed by atoms with E-state index in [0.29, 0.717) is 11.3 Å². The number of nitrogen functional groups attached to an aromatic ring is 1. The van der Waals surface area contributed by atoms with Crippen molar-refractivity contribution in [3.63, 3.8) is 0 Å². The van der Waals surface area contributed by atoms with Crippen molar-refractivity contribution in [1.29, 1.82) is 0 Å². The van der Waals surface area contributed by atoms with Crippen LogP contribution < -0.4 is 5.73 Å². The monoisotopic (exact) mass is 262 g/mol. The predicted molar refractivity (Wildman–Crippen MR) is 70.7 cm³/mol. The van der Waals surface area contributed by atoms with Gasteiger partial charge in [0.1, 0.15) is 0 Å². The molecular weight excluding hydrogens is 248 g/mol. The second kappa shape index (κ2) is 4.78. The molecule has 1 aromatic heterocycles. The molecule has 18 heavy (non-hydrogen) atoms. The van der Waals surface area contributed by atoms with Crippen molar-refractivity contribution in [3.8, 4) is 0 Å². The molecule has 0 radical (unpaired) electrons. The fourth-order valence-electron chi connectivity index (χ4n) is 1.73. The Balaban J connectivity index is 2.37. The highest BCUT2D eigenvalue weighted by Gasteiger charge is 2.18. The first kappa shape index (κ1) is 12.6. The molecule has 0 amide bonds. The number of hydrogen-bond acceptors (Lipinski definition) is 4. The third-order valence-corrected chi connectivity index (χ3v) is 4.34. The van der Waals surface area contributed by atoms with Gasteiger partial charge in [0, 0.05) is 12.4 Å². The molecule has 2 rings (SSSR count). The lowest BCUT2D eigenvalue weighted by atomic mass is 10.2. The second-order valence-electron chi connectivity index (χ2n) is 4.16. The molecule has 2 aromatic rings. The Labute approximate surface area is 106 Å². The third-order valence-electron chi connectivity index (χ3n) is 2.58. The first-order chi connectivity index (χ1) is 8.49. The van der Waals surface area contributed by atoms with E-state index in [1.807, 2.05) is 6.92 Å². The average molecular weight is 262 g/mol. The molecule has 0 bridgehead atoms. The van der Waals surface area contributed by atoms with Crippen LogP contribution in [0.5, 0.6) is 0 Å². The summed E-state index contributed by atoms with van der Waals surface area (Å²) < 4.78 is 24.5. The minimum absolute atomic E-state index is 0.0892. The van der Waals surface area contributed by atoms with Crippen molar-refractivity contribution in [1.82, 2.24) is 4.98 Å². The number of pyridine rings is 1. The highest BCUT2D eigenvalue weighted by molar-refractivity contribution is 7.90. The summed E-state index contributed by atoms with van der Waals surface area (Å²) in [5.74, 6) is -0.0892. The van der Waals surface area contributed by atoms with Crippen LogP contribution in [0.15, 0.2) is 47.6 Å². The van der Waals surface area contributed by atoms with Gasteiger partial charge in [0.2, 0.25) is 0 Å². The number of benzene rings is 1. The van der Waals surface area contributed by atoms with Crippen LogP contribution in [0.25, 0.3) is 0 Å². The van der Waals surface area contributed by atoms with Gasteiger partial charge in [0.05, 0.1) is 16.3 Å². The summed E-state index contributed by atoms with van der Waals surface area (Å²) in [6.45, 7) is 1.87. The highest BCUT2D eigenvalue weighted by atomic mass is 32.2. The smallest absolute Gasteiger partial charge is 0.184 e. The van der Waals surface area contributed by atoms with Gasteiger partial charge in [-0.2, -0.15) is 0 Å². The van der Waals surface area contributed by atoms with Gasteiger partial charge in [-0.3, -0.25) is 4.98 Å². The lowest BCUT2D eigenvalue weighted by Crippen LogP contribution is -2.08. The molecule has 1 aromatic carbocycles. The standard InChI is InChI=1S/C13H14N2O2S/c1-10-4-5-13(12(14)7-10)18(16,17)9-11-3-2-6-15-8-11/h2-8H,9,14H2,1H3. The largest absolute Gasteiger partial charge is 0.398 e. The normalized spacial score (nSPS) is 11.4. The lowest BCUT2D eigenvalue weighted by molar-refractivity contribution is 0.595. The Morgan fingerprint density at radius 3 is 2.67 bits per heavy atom.